The molecule has 7 nitrogen and oxygen atoms in total. The molecular formula is C24H24N2O5. The highest BCUT2D eigenvalue weighted by molar-refractivity contribution is 6.01. The smallest absolute Gasteiger partial charge is 0.338 e. The number of hydrogen-bond acceptors (Lipinski definition) is 6. The molecule has 160 valence electrons. The van der Waals surface area contributed by atoms with E-state index < -0.39 is 12.6 Å². The lowest BCUT2D eigenvalue weighted by molar-refractivity contribution is 0.0474. The second-order valence-electron chi connectivity index (χ2n) is 7.58. The van der Waals surface area contributed by atoms with Crippen LogP contribution >= 0.6 is 0 Å². The Morgan fingerprint density at radius 3 is 2.71 bits per heavy atom. The standard InChI is InChI=1S/C24H24N2O5/c1-30-21-9-6-5-8-18(21)20(27)15-31-24(29)16-11-12-17-19(14-16)25-22-10-4-2-3-7-13-26(22)23(17)28/h5-6,8-9,11-12,14H,2-4,7,10,13,15H2,1H3. The third-order valence-corrected chi connectivity index (χ3v) is 5.54. The lowest BCUT2D eigenvalue weighted by atomic mass is 10.1. The summed E-state index contributed by atoms with van der Waals surface area (Å²) in [7, 11) is 1.48. The number of nitrogens with zero attached hydrogens (tertiary/aromatic N) is 2. The molecule has 0 unspecified atom stereocenters. The summed E-state index contributed by atoms with van der Waals surface area (Å²) in [6.45, 7) is 0.267. The summed E-state index contributed by atoms with van der Waals surface area (Å²) in [6.07, 6.45) is 4.94. The van der Waals surface area contributed by atoms with Crippen LogP contribution in [-0.4, -0.2) is 35.0 Å². The zero-order valence-electron chi connectivity index (χ0n) is 17.4. The molecule has 2 heterocycles. The van der Waals surface area contributed by atoms with E-state index >= 15 is 0 Å². The molecule has 0 saturated carbocycles. The van der Waals surface area contributed by atoms with E-state index in [2.05, 4.69) is 4.98 Å². The maximum atomic E-state index is 12.9. The van der Waals surface area contributed by atoms with Crippen LogP contribution in [0.1, 0.15) is 52.2 Å². The van der Waals surface area contributed by atoms with Gasteiger partial charge < -0.3 is 9.47 Å². The van der Waals surface area contributed by atoms with Crippen LogP contribution in [0.4, 0.5) is 0 Å². The quantitative estimate of drug-likeness (QED) is 0.463. The van der Waals surface area contributed by atoms with Crippen LogP contribution in [0, 0.1) is 0 Å². The lowest BCUT2D eigenvalue weighted by Gasteiger charge is -2.16. The van der Waals surface area contributed by atoms with Gasteiger partial charge in [0.1, 0.15) is 11.6 Å². The highest BCUT2D eigenvalue weighted by atomic mass is 16.5. The monoisotopic (exact) mass is 420 g/mol. The van der Waals surface area contributed by atoms with Crippen molar-refractivity contribution in [1.82, 2.24) is 9.55 Å². The maximum absolute atomic E-state index is 12.9. The molecule has 0 spiro atoms. The number of ketones is 1. The summed E-state index contributed by atoms with van der Waals surface area (Å²) < 4.78 is 12.2. The molecule has 0 N–H and O–H groups in total. The number of benzene rings is 2. The normalized spacial score (nSPS) is 13.7. The van der Waals surface area contributed by atoms with Gasteiger partial charge in [-0.1, -0.05) is 25.0 Å². The van der Waals surface area contributed by atoms with Crippen molar-refractivity contribution in [2.75, 3.05) is 13.7 Å². The van der Waals surface area contributed by atoms with E-state index in [0.717, 1.165) is 37.9 Å². The van der Waals surface area contributed by atoms with Gasteiger partial charge in [0.15, 0.2) is 6.61 Å². The van der Waals surface area contributed by atoms with Crippen molar-refractivity contribution in [3.05, 3.63) is 69.8 Å². The summed E-state index contributed by atoms with van der Waals surface area (Å²) in [6, 6.07) is 11.5. The zero-order chi connectivity index (χ0) is 21.8. The minimum Gasteiger partial charge on any atom is -0.496 e. The van der Waals surface area contributed by atoms with Crippen molar-refractivity contribution in [3.8, 4) is 5.75 Å². The van der Waals surface area contributed by atoms with Crippen LogP contribution in [0.3, 0.4) is 0 Å². The van der Waals surface area contributed by atoms with Crippen molar-refractivity contribution >= 4 is 22.7 Å². The number of aromatic nitrogens is 2. The fourth-order valence-corrected chi connectivity index (χ4v) is 3.89. The Hall–Kier alpha value is -3.48. The number of Topliss-reactive ketones (excluding diaryl/α,β-unsaturated/α-hetero) is 1. The van der Waals surface area contributed by atoms with E-state index in [1.165, 1.54) is 13.2 Å². The fraction of sp³-hybridized carbons (Fsp3) is 0.333. The first-order valence-electron chi connectivity index (χ1n) is 10.5. The highest BCUT2D eigenvalue weighted by Crippen LogP contribution is 2.19. The number of carbonyl (C=O) groups is 2. The van der Waals surface area contributed by atoms with Crippen molar-refractivity contribution in [2.24, 2.45) is 0 Å². The Labute approximate surface area is 179 Å². The lowest BCUT2D eigenvalue weighted by Crippen LogP contribution is -2.26. The molecule has 3 aromatic rings. The Balaban J connectivity index is 1.55. The first-order valence-corrected chi connectivity index (χ1v) is 10.5. The molecule has 1 aromatic heterocycles. The average Bonchev–Trinajstić information content (AvgIpc) is 2.78. The minimum absolute atomic E-state index is 0.0758. The number of carbonyl (C=O) groups excluding carboxylic acids is 2. The van der Waals surface area contributed by atoms with Crippen molar-refractivity contribution in [3.63, 3.8) is 0 Å². The molecule has 0 atom stereocenters. The molecule has 0 bridgehead atoms. The van der Waals surface area contributed by atoms with Crippen LogP contribution in [-0.2, 0) is 17.7 Å². The number of hydrogen-bond donors (Lipinski definition) is 0. The zero-order valence-corrected chi connectivity index (χ0v) is 17.4. The van der Waals surface area contributed by atoms with Crippen LogP contribution in [0.25, 0.3) is 10.9 Å². The van der Waals surface area contributed by atoms with Crippen LogP contribution < -0.4 is 10.3 Å². The van der Waals surface area contributed by atoms with Gasteiger partial charge in [0.05, 0.1) is 29.1 Å². The molecule has 1 aliphatic heterocycles. The first-order chi connectivity index (χ1) is 15.1. The van der Waals surface area contributed by atoms with Crippen molar-refractivity contribution in [2.45, 2.75) is 38.6 Å². The summed E-state index contributed by atoms with van der Waals surface area (Å²) in [5, 5.41) is 0.478. The molecule has 31 heavy (non-hydrogen) atoms. The van der Waals surface area contributed by atoms with E-state index in [9.17, 15) is 14.4 Å². The van der Waals surface area contributed by atoms with Crippen LogP contribution in [0.2, 0.25) is 0 Å². The Morgan fingerprint density at radius 2 is 1.87 bits per heavy atom. The van der Waals surface area contributed by atoms with Gasteiger partial charge in [-0.05, 0) is 43.2 Å². The van der Waals surface area contributed by atoms with E-state index in [1.54, 1.807) is 41.0 Å². The van der Waals surface area contributed by atoms with E-state index in [0.29, 0.717) is 28.8 Å². The van der Waals surface area contributed by atoms with Gasteiger partial charge >= 0.3 is 5.97 Å². The Bertz CT molecular complexity index is 1200. The second kappa shape index (κ2) is 9.12. The summed E-state index contributed by atoms with van der Waals surface area (Å²) in [5.41, 5.74) is 1.00. The van der Waals surface area contributed by atoms with Crippen molar-refractivity contribution < 1.29 is 19.1 Å². The topological polar surface area (TPSA) is 87.5 Å². The maximum Gasteiger partial charge on any atom is 0.338 e. The number of methoxy groups -OCH3 is 1. The molecule has 0 radical (unpaired) electrons. The number of rotatable bonds is 5. The average molecular weight is 420 g/mol. The van der Waals surface area contributed by atoms with E-state index in [-0.39, 0.29) is 16.9 Å². The summed E-state index contributed by atoms with van der Waals surface area (Å²) in [4.78, 5) is 42.5. The third kappa shape index (κ3) is 4.35. The Morgan fingerprint density at radius 1 is 1.06 bits per heavy atom. The predicted molar refractivity (Wildman–Crippen MR) is 116 cm³/mol. The van der Waals surface area contributed by atoms with E-state index in [4.69, 9.17) is 9.47 Å². The van der Waals surface area contributed by atoms with Gasteiger partial charge in [0.25, 0.3) is 5.56 Å². The van der Waals surface area contributed by atoms with Gasteiger partial charge in [-0.3, -0.25) is 14.2 Å². The van der Waals surface area contributed by atoms with Crippen LogP contribution in [0.5, 0.6) is 5.75 Å². The SMILES string of the molecule is COc1ccccc1C(=O)COC(=O)c1ccc2c(=O)n3c(nc2c1)CCCCCC3. The third-order valence-electron chi connectivity index (χ3n) is 5.54. The van der Waals surface area contributed by atoms with Gasteiger partial charge in [0.2, 0.25) is 5.78 Å². The number of aryl methyl sites for hydroxylation is 1. The number of para-hydroxylation sites is 1. The van der Waals surface area contributed by atoms with Gasteiger partial charge in [-0.2, -0.15) is 0 Å². The summed E-state index contributed by atoms with van der Waals surface area (Å²) >= 11 is 0. The second-order valence-corrected chi connectivity index (χ2v) is 7.58. The number of fused-ring (bicyclic) bond motifs is 2. The first kappa shape index (κ1) is 20.8. The minimum atomic E-state index is -0.640. The molecule has 4 rings (SSSR count). The molecule has 0 fully saturated rings. The van der Waals surface area contributed by atoms with Gasteiger partial charge in [-0.25, -0.2) is 9.78 Å². The number of esters is 1. The molecule has 7 heteroatoms. The molecular weight excluding hydrogens is 396 g/mol. The summed E-state index contributed by atoms with van der Waals surface area (Å²) in [5.74, 6) is 0.188. The Kier molecular flexibility index (Phi) is 6.11. The van der Waals surface area contributed by atoms with Crippen LogP contribution in [0.15, 0.2) is 47.3 Å². The molecule has 1 aliphatic rings. The van der Waals surface area contributed by atoms with Crippen molar-refractivity contribution in [1.29, 1.82) is 0 Å². The fourth-order valence-electron chi connectivity index (χ4n) is 3.89. The van der Waals surface area contributed by atoms with E-state index in [1.807, 2.05) is 0 Å². The molecule has 0 amide bonds. The largest absolute Gasteiger partial charge is 0.496 e. The molecule has 0 aliphatic carbocycles. The predicted octanol–water partition coefficient (Wildman–Crippen LogP) is 3.56. The molecule has 2 aromatic carbocycles. The van der Waals surface area contributed by atoms with Gasteiger partial charge in [0, 0.05) is 13.0 Å². The molecule has 0 saturated heterocycles. The van der Waals surface area contributed by atoms with Gasteiger partial charge in [-0.15, -0.1) is 0 Å². The number of ether oxygens (including phenoxy) is 2. The highest BCUT2D eigenvalue weighted by Gasteiger charge is 2.18.